The molecule has 1 aliphatic heterocycles. The molecule has 0 aliphatic carbocycles. The highest BCUT2D eigenvalue weighted by atomic mass is 32.1. The molecule has 5 nitrogen and oxygen atoms in total. The zero-order valence-electron chi connectivity index (χ0n) is 20.4. The van der Waals surface area contributed by atoms with E-state index >= 15 is 0 Å². The summed E-state index contributed by atoms with van der Waals surface area (Å²) < 4.78 is 28.0. The van der Waals surface area contributed by atoms with Gasteiger partial charge in [-0.15, -0.1) is 0 Å². The van der Waals surface area contributed by atoms with E-state index in [1.807, 2.05) is 61.6 Å². The number of thiazole rings is 1. The molecule has 4 aromatic rings. The summed E-state index contributed by atoms with van der Waals surface area (Å²) in [5, 5.41) is 3.18. The zero-order valence-corrected chi connectivity index (χ0v) is 21.3. The van der Waals surface area contributed by atoms with Gasteiger partial charge >= 0.3 is 0 Å². The van der Waals surface area contributed by atoms with E-state index in [-0.39, 0.29) is 24.4 Å². The summed E-state index contributed by atoms with van der Waals surface area (Å²) in [5.74, 6) is 0. The Morgan fingerprint density at radius 3 is 1.78 bits per heavy atom. The van der Waals surface area contributed by atoms with E-state index in [4.69, 9.17) is 18.9 Å². The lowest BCUT2D eigenvalue weighted by atomic mass is 10.1. The molecule has 0 bridgehead atoms. The van der Waals surface area contributed by atoms with Gasteiger partial charge in [0.2, 0.25) is 0 Å². The molecule has 4 atom stereocenters. The summed E-state index contributed by atoms with van der Waals surface area (Å²) in [4.78, 5) is 0. The molecule has 0 radical (unpaired) electrons. The Balaban J connectivity index is 1.36. The lowest BCUT2D eigenvalue weighted by Gasteiger charge is -2.24. The molecule has 2 heterocycles. The molecule has 0 unspecified atom stereocenters. The molecule has 0 amide bonds. The molecule has 1 aromatic heterocycles. The van der Waals surface area contributed by atoms with Crippen molar-refractivity contribution in [1.29, 1.82) is 0 Å². The maximum atomic E-state index is 6.64. The second-order valence-electron chi connectivity index (χ2n) is 8.97. The third-order valence-corrected chi connectivity index (χ3v) is 7.36. The number of rotatable bonds is 11. The van der Waals surface area contributed by atoms with Crippen molar-refractivity contribution < 1.29 is 23.5 Å². The zero-order chi connectivity index (χ0) is 24.6. The van der Waals surface area contributed by atoms with Crippen molar-refractivity contribution in [2.75, 3.05) is 6.61 Å². The van der Waals surface area contributed by atoms with Crippen LogP contribution in [0.15, 0.2) is 103 Å². The molecular weight excluding hydrogens is 470 g/mol. The first-order valence-electron chi connectivity index (χ1n) is 12.3. The van der Waals surface area contributed by atoms with Gasteiger partial charge < -0.3 is 18.9 Å². The second kappa shape index (κ2) is 12.4. The molecular formula is C30H32NO4S+. The van der Waals surface area contributed by atoms with E-state index < -0.39 is 0 Å². The molecule has 0 saturated carbocycles. The first kappa shape index (κ1) is 24.8. The fraction of sp³-hybridized carbons (Fsp3) is 0.300. The van der Waals surface area contributed by atoms with Gasteiger partial charge in [0.05, 0.1) is 31.8 Å². The van der Waals surface area contributed by atoms with Crippen molar-refractivity contribution in [3.05, 3.63) is 124 Å². The van der Waals surface area contributed by atoms with Crippen molar-refractivity contribution in [3.8, 4) is 0 Å². The molecule has 1 aliphatic rings. The lowest BCUT2D eigenvalue weighted by molar-refractivity contribution is -0.678. The van der Waals surface area contributed by atoms with E-state index in [0.717, 1.165) is 21.7 Å². The van der Waals surface area contributed by atoms with E-state index in [1.54, 1.807) is 11.3 Å². The predicted molar refractivity (Wildman–Crippen MR) is 139 cm³/mol. The summed E-state index contributed by atoms with van der Waals surface area (Å²) >= 11 is 1.67. The molecule has 36 heavy (non-hydrogen) atoms. The van der Waals surface area contributed by atoms with Gasteiger partial charge in [-0.1, -0.05) is 102 Å². The highest BCUT2D eigenvalue weighted by molar-refractivity contribution is 7.09. The number of aryl methyl sites for hydroxylation is 1. The number of benzene rings is 3. The standard InChI is InChI=1S/C30H32NO4S/c1-31-17-18-36-30(31)29-28(34-21-25-15-9-4-10-16-25)27(33-20-24-13-7-3-8-14-24)26(35-29)22-32-19-23-11-5-2-6-12-23/h2-18,26-29H,19-22H2,1H3/q+1/t26-,27-,28-,29+/m1/s1. The molecule has 1 saturated heterocycles. The van der Waals surface area contributed by atoms with Crippen LogP contribution in [0.4, 0.5) is 0 Å². The van der Waals surface area contributed by atoms with Crippen LogP contribution in [0, 0.1) is 0 Å². The highest BCUT2D eigenvalue weighted by Gasteiger charge is 2.50. The average molecular weight is 503 g/mol. The van der Waals surface area contributed by atoms with E-state index in [0.29, 0.717) is 26.4 Å². The van der Waals surface area contributed by atoms with Crippen LogP contribution in [0.1, 0.15) is 27.8 Å². The van der Waals surface area contributed by atoms with Crippen molar-refractivity contribution in [2.45, 2.75) is 44.2 Å². The molecule has 0 N–H and O–H groups in total. The minimum atomic E-state index is -0.281. The smallest absolute Gasteiger partial charge is 0.269 e. The third kappa shape index (κ3) is 6.27. The van der Waals surface area contributed by atoms with Crippen molar-refractivity contribution in [3.63, 3.8) is 0 Å². The Bertz CT molecular complexity index is 1190. The molecule has 0 spiro atoms. The van der Waals surface area contributed by atoms with E-state index in [2.05, 4.69) is 52.5 Å². The van der Waals surface area contributed by atoms with Gasteiger partial charge in [0.25, 0.3) is 5.01 Å². The van der Waals surface area contributed by atoms with Crippen molar-refractivity contribution in [1.82, 2.24) is 0 Å². The van der Waals surface area contributed by atoms with Crippen LogP contribution < -0.4 is 4.57 Å². The highest BCUT2D eigenvalue weighted by Crippen LogP contribution is 2.38. The van der Waals surface area contributed by atoms with Crippen molar-refractivity contribution in [2.24, 2.45) is 7.05 Å². The van der Waals surface area contributed by atoms with Gasteiger partial charge in [0.15, 0.2) is 12.3 Å². The number of hydrogen-bond donors (Lipinski definition) is 0. The number of nitrogens with zero attached hydrogens (tertiary/aromatic N) is 1. The molecule has 5 rings (SSSR count). The van der Waals surface area contributed by atoms with Crippen LogP contribution in [0.3, 0.4) is 0 Å². The lowest BCUT2D eigenvalue weighted by Crippen LogP contribution is -2.39. The maximum Gasteiger partial charge on any atom is 0.269 e. The number of hydrogen-bond acceptors (Lipinski definition) is 5. The Kier molecular flexibility index (Phi) is 8.54. The van der Waals surface area contributed by atoms with Crippen LogP contribution in [-0.2, 0) is 45.8 Å². The van der Waals surface area contributed by atoms with E-state index in [1.165, 1.54) is 0 Å². The number of aromatic nitrogens is 1. The normalized spacial score (nSPS) is 21.6. The Hall–Kier alpha value is -2.87. The maximum absolute atomic E-state index is 6.64. The minimum absolute atomic E-state index is 0.246. The van der Waals surface area contributed by atoms with E-state index in [9.17, 15) is 0 Å². The average Bonchev–Trinajstić information content (AvgIpc) is 3.50. The monoisotopic (exact) mass is 502 g/mol. The fourth-order valence-electron chi connectivity index (χ4n) is 4.46. The van der Waals surface area contributed by atoms with Gasteiger partial charge in [-0.05, 0) is 16.7 Å². The second-order valence-corrected chi connectivity index (χ2v) is 9.90. The van der Waals surface area contributed by atoms with Crippen molar-refractivity contribution >= 4 is 11.3 Å². The topological polar surface area (TPSA) is 40.8 Å². The number of ether oxygens (including phenoxy) is 4. The predicted octanol–water partition coefficient (Wildman–Crippen LogP) is 5.40. The summed E-state index contributed by atoms with van der Waals surface area (Å²) in [5.41, 5.74) is 3.38. The molecule has 3 aromatic carbocycles. The van der Waals surface area contributed by atoms with Gasteiger partial charge in [-0.25, -0.2) is 0 Å². The minimum Gasteiger partial charge on any atom is -0.374 e. The summed E-state index contributed by atoms with van der Waals surface area (Å²) in [6.45, 7) is 1.92. The quantitative estimate of drug-likeness (QED) is 0.258. The van der Waals surface area contributed by atoms with Gasteiger partial charge in [0.1, 0.15) is 25.4 Å². The van der Waals surface area contributed by atoms with Crippen LogP contribution in [0.5, 0.6) is 0 Å². The summed E-state index contributed by atoms with van der Waals surface area (Å²) in [7, 11) is 2.04. The van der Waals surface area contributed by atoms with Gasteiger partial charge in [-0.3, -0.25) is 0 Å². The summed E-state index contributed by atoms with van der Waals surface area (Å²) in [6.07, 6.45) is 0.993. The Morgan fingerprint density at radius 2 is 1.25 bits per heavy atom. The first-order valence-corrected chi connectivity index (χ1v) is 13.2. The largest absolute Gasteiger partial charge is 0.374 e. The molecule has 6 heteroatoms. The van der Waals surface area contributed by atoms with Crippen LogP contribution in [0.2, 0.25) is 0 Å². The third-order valence-electron chi connectivity index (χ3n) is 6.34. The van der Waals surface area contributed by atoms with Crippen LogP contribution in [0.25, 0.3) is 0 Å². The SMILES string of the molecule is C[n+]1ccsc1[C@H]1O[C@H](COCc2ccccc2)[C@@H](OCc2ccccc2)[C@H]1OCc1ccccc1. The Morgan fingerprint density at radius 1 is 0.722 bits per heavy atom. The molecule has 186 valence electrons. The Labute approximate surface area is 216 Å². The van der Waals surface area contributed by atoms with Crippen LogP contribution >= 0.6 is 11.3 Å². The van der Waals surface area contributed by atoms with Gasteiger partial charge in [-0.2, -0.15) is 4.57 Å². The van der Waals surface area contributed by atoms with Gasteiger partial charge in [0, 0.05) is 0 Å². The van der Waals surface area contributed by atoms with Crippen LogP contribution in [-0.4, -0.2) is 24.9 Å². The first-order chi connectivity index (χ1) is 17.8. The molecule has 1 fully saturated rings. The summed E-state index contributed by atoms with van der Waals surface area (Å²) in [6, 6.07) is 30.7. The fourth-order valence-corrected chi connectivity index (χ4v) is 5.39.